The molecule has 0 N–H and O–H groups in total. The molecule has 2 aliphatic rings. The lowest BCUT2D eigenvalue weighted by Crippen LogP contribution is -2.38. The Labute approximate surface area is 156 Å². The average molecular weight is 367 g/mol. The van der Waals surface area contributed by atoms with Crippen molar-refractivity contribution in [3.63, 3.8) is 0 Å². The molecule has 0 saturated carbocycles. The van der Waals surface area contributed by atoms with Gasteiger partial charge < -0.3 is 9.47 Å². The Hall–Kier alpha value is -3.22. The van der Waals surface area contributed by atoms with Gasteiger partial charge in [0.05, 0.1) is 31.2 Å². The Kier molecular flexibility index (Phi) is 4.14. The molecule has 7 heteroatoms. The van der Waals surface area contributed by atoms with E-state index in [4.69, 9.17) is 9.47 Å². The maximum absolute atomic E-state index is 13.1. The fourth-order valence-corrected chi connectivity index (χ4v) is 3.39. The van der Waals surface area contributed by atoms with Crippen molar-refractivity contribution in [3.05, 3.63) is 53.2 Å². The normalized spacial score (nSPS) is 15.8. The van der Waals surface area contributed by atoms with Gasteiger partial charge in [0, 0.05) is 28.6 Å². The van der Waals surface area contributed by atoms with Crippen LogP contribution >= 0.6 is 0 Å². The van der Waals surface area contributed by atoms with Gasteiger partial charge in [-0.2, -0.15) is 0 Å². The van der Waals surface area contributed by atoms with Crippen LogP contribution in [-0.4, -0.2) is 30.3 Å². The molecule has 1 aromatic heterocycles. The largest absolute Gasteiger partial charge is 0.496 e. The Morgan fingerprint density at radius 1 is 1.30 bits per heavy atom. The third-order valence-corrected chi connectivity index (χ3v) is 4.66. The van der Waals surface area contributed by atoms with Gasteiger partial charge in [-0.25, -0.2) is 4.39 Å². The van der Waals surface area contributed by atoms with Crippen molar-refractivity contribution in [2.45, 2.75) is 20.4 Å². The second-order valence-electron chi connectivity index (χ2n) is 6.41. The van der Waals surface area contributed by atoms with E-state index in [1.165, 1.54) is 6.07 Å². The minimum atomic E-state index is -0.417. The number of aromatic nitrogens is 1. The molecular formula is C20H18FN3O3. The van der Waals surface area contributed by atoms with Crippen LogP contribution in [0.1, 0.15) is 25.1 Å². The molecule has 6 nitrogen and oxygen atoms in total. The van der Waals surface area contributed by atoms with E-state index in [1.54, 1.807) is 24.1 Å². The number of allylic oxidation sites excluding steroid dienone is 2. The van der Waals surface area contributed by atoms with E-state index >= 15 is 0 Å². The minimum Gasteiger partial charge on any atom is -0.496 e. The van der Waals surface area contributed by atoms with Crippen molar-refractivity contribution >= 4 is 22.9 Å². The summed E-state index contributed by atoms with van der Waals surface area (Å²) in [6, 6.07) is 6.55. The molecule has 2 aromatic rings. The SMILES string of the molecule is COc1cc2c(cc1C1=C(C)N=C1C)OCC(=O)N2Cc1ccc(F)cn1. The van der Waals surface area contributed by atoms with E-state index in [-0.39, 0.29) is 19.1 Å². The van der Waals surface area contributed by atoms with E-state index < -0.39 is 5.82 Å². The van der Waals surface area contributed by atoms with Crippen molar-refractivity contribution < 1.29 is 18.7 Å². The molecule has 27 heavy (non-hydrogen) atoms. The molecule has 0 atom stereocenters. The van der Waals surface area contributed by atoms with E-state index in [1.807, 2.05) is 19.9 Å². The Bertz CT molecular complexity index is 996. The molecule has 2 aliphatic heterocycles. The van der Waals surface area contributed by atoms with Crippen LogP contribution in [0.15, 0.2) is 41.2 Å². The number of carbonyl (C=O) groups excluding carboxylic acids is 1. The summed E-state index contributed by atoms with van der Waals surface area (Å²) in [5, 5.41) is 0. The number of aliphatic imine (C=N–C) groups is 1. The van der Waals surface area contributed by atoms with Crippen LogP contribution in [0.2, 0.25) is 0 Å². The van der Waals surface area contributed by atoms with Gasteiger partial charge in [-0.05, 0) is 32.0 Å². The number of carbonyl (C=O) groups is 1. The van der Waals surface area contributed by atoms with Crippen LogP contribution < -0.4 is 14.4 Å². The highest BCUT2D eigenvalue weighted by molar-refractivity contribution is 6.29. The summed E-state index contributed by atoms with van der Waals surface area (Å²) in [6.07, 6.45) is 1.14. The van der Waals surface area contributed by atoms with Gasteiger partial charge in [0.15, 0.2) is 6.61 Å². The molecule has 0 fully saturated rings. The van der Waals surface area contributed by atoms with Crippen molar-refractivity contribution in [2.24, 2.45) is 4.99 Å². The molecule has 0 unspecified atom stereocenters. The number of methoxy groups -OCH3 is 1. The van der Waals surface area contributed by atoms with Crippen LogP contribution in [0.25, 0.3) is 5.57 Å². The number of amides is 1. The quantitative estimate of drug-likeness (QED) is 0.831. The smallest absolute Gasteiger partial charge is 0.265 e. The second kappa shape index (κ2) is 6.50. The van der Waals surface area contributed by atoms with Gasteiger partial charge in [-0.3, -0.25) is 19.7 Å². The monoisotopic (exact) mass is 367 g/mol. The van der Waals surface area contributed by atoms with Gasteiger partial charge in [0.1, 0.15) is 17.3 Å². The van der Waals surface area contributed by atoms with Gasteiger partial charge in [0.2, 0.25) is 0 Å². The molecule has 1 aromatic carbocycles. The molecule has 0 radical (unpaired) electrons. The van der Waals surface area contributed by atoms with Crippen LogP contribution in [0.5, 0.6) is 11.5 Å². The molecule has 0 saturated heterocycles. The van der Waals surface area contributed by atoms with Gasteiger partial charge in [-0.1, -0.05) is 0 Å². The summed E-state index contributed by atoms with van der Waals surface area (Å²) < 4.78 is 24.3. The van der Waals surface area contributed by atoms with Crippen molar-refractivity contribution in [3.8, 4) is 11.5 Å². The van der Waals surface area contributed by atoms with Gasteiger partial charge in [0.25, 0.3) is 5.91 Å². The zero-order valence-electron chi connectivity index (χ0n) is 15.2. The maximum atomic E-state index is 13.1. The summed E-state index contributed by atoms with van der Waals surface area (Å²) in [4.78, 5) is 22.4. The minimum absolute atomic E-state index is 0.0644. The third kappa shape index (κ3) is 2.95. The van der Waals surface area contributed by atoms with E-state index in [0.29, 0.717) is 22.9 Å². The predicted octanol–water partition coefficient (Wildman–Crippen LogP) is 3.36. The van der Waals surface area contributed by atoms with Gasteiger partial charge in [-0.15, -0.1) is 0 Å². The van der Waals surface area contributed by atoms with Crippen LogP contribution in [0.3, 0.4) is 0 Å². The number of benzene rings is 1. The molecule has 138 valence electrons. The Morgan fingerprint density at radius 2 is 2.11 bits per heavy atom. The summed E-state index contributed by atoms with van der Waals surface area (Å²) in [6.45, 7) is 4.04. The molecule has 0 bridgehead atoms. The van der Waals surface area contributed by atoms with Crippen molar-refractivity contribution in [1.29, 1.82) is 0 Å². The van der Waals surface area contributed by atoms with Crippen molar-refractivity contribution in [2.75, 3.05) is 18.6 Å². The zero-order chi connectivity index (χ0) is 19.1. The van der Waals surface area contributed by atoms with Crippen LogP contribution in [0, 0.1) is 5.82 Å². The molecule has 1 amide bonds. The Balaban J connectivity index is 1.75. The number of nitrogens with zero attached hydrogens (tertiary/aromatic N) is 3. The topological polar surface area (TPSA) is 64.0 Å². The fraction of sp³-hybridized carbons (Fsp3) is 0.250. The van der Waals surface area contributed by atoms with Crippen LogP contribution in [-0.2, 0) is 11.3 Å². The van der Waals surface area contributed by atoms with Crippen LogP contribution in [0.4, 0.5) is 10.1 Å². The maximum Gasteiger partial charge on any atom is 0.265 e. The zero-order valence-corrected chi connectivity index (χ0v) is 15.2. The third-order valence-electron chi connectivity index (χ3n) is 4.66. The number of pyridine rings is 1. The van der Waals surface area contributed by atoms with Gasteiger partial charge >= 0.3 is 0 Å². The number of hydrogen-bond acceptors (Lipinski definition) is 5. The van der Waals surface area contributed by atoms with E-state index in [9.17, 15) is 9.18 Å². The summed E-state index contributed by atoms with van der Waals surface area (Å²) in [7, 11) is 1.59. The summed E-state index contributed by atoms with van der Waals surface area (Å²) in [5.41, 5.74) is 4.97. The molecule has 0 spiro atoms. The fourth-order valence-electron chi connectivity index (χ4n) is 3.39. The first kappa shape index (κ1) is 17.2. The molecule has 0 aliphatic carbocycles. The standard InChI is InChI=1S/C20H18FN3O3/c1-11-20(12(2)23-11)15-6-18-16(7-17(15)26-3)24(19(25)10-27-18)9-14-5-4-13(21)8-22-14/h4-8H,9-10H2,1-3H3. The lowest BCUT2D eigenvalue weighted by molar-refractivity contribution is -0.121. The lowest BCUT2D eigenvalue weighted by atomic mass is 9.94. The molecule has 4 rings (SSSR count). The molecular weight excluding hydrogens is 349 g/mol. The first-order valence-corrected chi connectivity index (χ1v) is 8.50. The average Bonchev–Trinajstić information content (AvgIpc) is 2.65. The number of hydrogen-bond donors (Lipinski definition) is 0. The number of fused-ring (bicyclic) bond motifs is 1. The molecule has 3 heterocycles. The van der Waals surface area contributed by atoms with E-state index in [2.05, 4.69) is 9.98 Å². The van der Waals surface area contributed by atoms with Crippen molar-refractivity contribution in [1.82, 2.24) is 4.98 Å². The predicted molar refractivity (Wildman–Crippen MR) is 99.6 cm³/mol. The number of halogens is 1. The highest BCUT2D eigenvalue weighted by Gasteiger charge is 2.30. The Morgan fingerprint density at radius 3 is 2.74 bits per heavy atom. The number of ether oxygens (including phenoxy) is 2. The number of rotatable bonds is 4. The summed E-state index contributed by atoms with van der Waals surface area (Å²) >= 11 is 0. The highest BCUT2D eigenvalue weighted by Crippen LogP contribution is 2.43. The second-order valence-corrected chi connectivity index (χ2v) is 6.41. The lowest BCUT2D eigenvalue weighted by Gasteiger charge is -2.31. The first-order chi connectivity index (χ1) is 13.0. The highest BCUT2D eigenvalue weighted by atomic mass is 19.1. The van der Waals surface area contributed by atoms with E-state index in [0.717, 1.165) is 28.7 Å². The summed E-state index contributed by atoms with van der Waals surface area (Å²) in [5.74, 6) is 0.611. The first-order valence-electron chi connectivity index (χ1n) is 8.50. The number of anilines is 1.